The molecule has 2 aliphatic rings. The molecular formula is C16H33N3O. The van der Waals surface area contributed by atoms with Gasteiger partial charge in [0.2, 0.25) is 0 Å². The summed E-state index contributed by atoms with van der Waals surface area (Å²) in [6.07, 6.45) is 6.86. The fourth-order valence-electron chi connectivity index (χ4n) is 3.77. The Morgan fingerprint density at radius 1 is 1.30 bits per heavy atom. The Balaban J connectivity index is 1.90. The van der Waals surface area contributed by atoms with Crippen LogP contribution in [-0.4, -0.2) is 67.3 Å². The summed E-state index contributed by atoms with van der Waals surface area (Å²) in [5.74, 6) is 0. The molecule has 4 heteroatoms. The molecule has 4 nitrogen and oxygen atoms in total. The third-order valence-electron chi connectivity index (χ3n) is 5.35. The van der Waals surface area contributed by atoms with E-state index in [0.29, 0.717) is 12.1 Å². The van der Waals surface area contributed by atoms with Crippen molar-refractivity contribution in [3.63, 3.8) is 0 Å². The molecule has 0 amide bonds. The third kappa shape index (κ3) is 3.73. The first-order valence-electron chi connectivity index (χ1n) is 8.34. The number of hydrogen-bond donors (Lipinski definition) is 1. The Morgan fingerprint density at radius 3 is 2.60 bits per heavy atom. The van der Waals surface area contributed by atoms with Gasteiger partial charge in [-0.25, -0.2) is 0 Å². The molecule has 1 heterocycles. The van der Waals surface area contributed by atoms with Gasteiger partial charge in [0.05, 0.1) is 12.7 Å². The van der Waals surface area contributed by atoms with Crippen molar-refractivity contribution in [1.29, 1.82) is 0 Å². The molecule has 2 rings (SSSR count). The number of rotatable bonds is 5. The lowest BCUT2D eigenvalue weighted by atomic mass is 9.80. The highest BCUT2D eigenvalue weighted by Gasteiger charge is 2.36. The lowest BCUT2D eigenvalue weighted by Gasteiger charge is -2.46. The topological polar surface area (TPSA) is 41.7 Å². The van der Waals surface area contributed by atoms with Crippen LogP contribution in [0, 0.1) is 0 Å². The first-order chi connectivity index (χ1) is 9.57. The molecule has 1 atom stereocenters. The van der Waals surface area contributed by atoms with Gasteiger partial charge in [0.15, 0.2) is 0 Å². The van der Waals surface area contributed by atoms with Crippen molar-refractivity contribution < 1.29 is 4.74 Å². The molecule has 0 aromatic heterocycles. The lowest BCUT2D eigenvalue weighted by molar-refractivity contribution is -0.0654. The van der Waals surface area contributed by atoms with Crippen molar-refractivity contribution in [2.45, 2.75) is 63.6 Å². The van der Waals surface area contributed by atoms with Gasteiger partial charge in [0, 0.05) is 37.8 Å². The van der Waals surface area contributed by atoms with E-state index in [0.717, 1.165) is 32.8 Å². The minimum atomic E-state index is 0.224. The Hall–Kier alpha value is -0.160. The molecule has 1 saturated carbocycles. The number of hydrogen-bond acceptors (Lipinski definition) is 4. The molecule has 1 unspecified atom stereocenters. The van der Waals surface area contributed by atoms with Gasteiger partial charge in [-0.05, 0) is 33.7 Å². The van der Waals surface area contributed by atoms with Gasteiger partial charge in [-0.15, -0.1) is 0 Å². The van der Waals surface area contributed by atoms with Gasteiger partial charge >= 0.3 is 0 Å². The molecule has 1 aliphatic carbocycles. The van der Waals surface area contributed by atoms with E-state index in [1.165, 1.54) is 32.1 Å². The molecule has 118 valence electrons. The predicted octanol–water partition coefficient (Wildman–Crippen LogP) is 1.69. The van der Waals surface area contributed by atoms with E-state index >= 15 is 0 Å². The largest absolute Gasteiger partial charge is 0.374 e. The number of nitrogens with zero attached hydrogens (tertiary/aromatic N) is 2. The molecule has 0 aromatic carbocycles. The van der Waals surface area contributed by atoms with E-state index in [2.05, 4.69) is 30.7 Å². The summed E-state index contributed by atoms with van der Waals surface area (Å²) in [7, 11) is 2.25. The summed E-state index contributed by atoms with van der Waals surface area (Å²) in [4.78, 5) is 5.03. The van der Waals surface area contributed by atoms with Crippen LogP contribution in [-0.2, 0) is 4.74 Å². The minimum Gasteiger partial charge on any atom is -0.374 e. The zero-order valence-electron chi connectivity index (χ0n) is 13.6. The van der Waals surface area contributed by atoms with Gasteiger partial charge in [-0.2, -0.15) is 0 Å². The van der Waals surface area contributed by atoms with Crippen LogP contribution in [0.2, 0.25) is 0 Å². The van der Waals surface area contributed by atoms with Gasteiger partial charge in [0.1, 0.15) is 0 Å². The summed E-state index contributed by atoms with van der Waals surface area (Å²) in [6, 6.07) is 0.616. The summed E-state index contributed by atoms with van der Waals surface area (Å²) in [5.41, 5.74) is 6.35. The predicted molar refractivity (Wildman–Crippen MR) is 83.9 cm³/mol. The van der Waals surface area contributed by atoms with Crippen molar-refractivity contribution in [3.05, 3.63) is 0 Å². The highest BCUT2D eigenvalue weighted by atomic mass is 16.5. The van der Waals surface area contributed by atoms with Crippen LogP contribution in [0.25, 0.3) is 0 Å². The molecular weight excluding hydrogens is 250 g/mol. The monoisotopic (exact) mass is 283 g/mol. The van der Waals surface area contributed by atoms with Crippen LogP contribution >= 0.6 is 0 Å². The van der Waals surface area contributed by atoms with Crippen molar-refractivity contribution in [1.82, 2.24) is 9.80 Å². The van der Waals surface area contributed by atoms with Crippen LogP contribution in [0.5, 0.6) is 0 Å². The van der Waals surface area contributed by atoms with Gasteiger partial charge in [-0.1, -0.05) is 19.3 Å². The Kier molecular flexibility index (Phi) is 5.84. The van der Waals surface area contributed by atoms with E-state index in [4.69, 9.17) is 10.5 Å². The van der Waals surface area contributed by atoms with Gasteiger partial charge in [-0.3, -0.25) is 9.80 Å². The molecule has 1 saturated heterocycles. The molecule has 2 fully saturated rings. The minimum absolute atomic E-state index is 0.224. The molecule has 20 heavy (non-hydrogen) atoms. The van der Waals surface area contributed by atoms with E-state index in [-0.39, 0.29) is 5.54 Å². The number of likely N-dealkylation sites (N-methyl/N-ethyl adjacent to an activating group) is 1. The van der Waals surface area contributed by atoms with Crippen molar-refractivity contribution in [3.8, 4) is 0 Å². The van der Waals surface area contributed by atoms with Crippen LogP contribution in [0.1, 0.15) is 46.0 Å². The smallest absolute Gasteiger partial charge is 0.0829 e. The third-order valence-corrected chi connectivity index (χ3v) is 5.35. The molecule has 0 spiro atoms. The molecule has 0 bridgehead atoms. The fourth-order valence-corrected chi connectivity index (χ4v) is 3.77. The van der Waals surface area contributed by atoms with Gasteiger partial charge < -0.3 is 10.5 Å². The van der Waals surface area contributed by atoms with Gasteiger partial charge in [0.25, 0.3) is 0 Å². The molecule has 0 radical (unpaired) electrons. The Morgan fingerprint density at radius 2 is 2.00 bits per heavy atom. The van der Waals surface area contributed by atoms with Crippen molar-refractivity contribution >= 4 is 0 Å². The number of ether oxygens (including phenoxy) is 1. The van der Waals surface area contributed by atoms with Crippen LogP contribution < -0.4 is 5.73 Å². The second-order valence-corrected chi connectivity index (χ2v) is 6.95. The zero-order valence-corrected chi connectivity index (χ0v) is 13.6. The first kappa shape index (κ1) is 16.2. The average Bonchev–Trinajstić information content (AvgIpc) is 2.48. The quantitative estimate of drug-likeness (QED) is 0.834. The maximum absolute atomic E-state index is 6.13. The second-order valence-electron chi connectivity index (χ2n) is 6.95. The average molecular weight is 283 g/mol. The summed E-state index contributed by atoms with van der Waals surface area (Å²) in [6.45, 7) is 9.34. The standard InChI is InChI=1S/C16H33N3O/c1-14(2)19-9-10-20-15(12-19)11-18(3)16(13-17)7-5-4-6-8-16/h14-15H,4-13,17H2,1-3H3. The van der Waals surface area contributed by atoms with E-state index in [9.17, 15) is 0 Å². The summed E-state index contributed by atoms with van der Waals surface area (Å²) >= 11 is 0. The maximum atomic E-state index is 6.13. The van der Waals surface area contributed by atoms with Crippen LogP contribution in [0.3, 0.4) is 0 Å². The zero-order chi connectivity index (χ0) is 14.6. The number of morpholine rings is 1. The normalized spacial score (nSPS) is 28.2. The highest BCUT2D eigenvalue weighted by molar-refractivity contribution is 4.94. The highest BCUT2D eigenvalue weighted by Crippen LogP contribution is 2.32. The summed E-state index contributed by atoms with van der Waals surface area (Å²) < 4.78 is 5.99. The van der Waals surface area contributed by atoms with Crippen molar-refractivity contribution in [2.24, 2.45) is 5.73 Å². The van der Waals surface area contributed by atoms with E-state index < -0.39 is 0 Å². The summed E-state index contributed by atoms with van der Waals surface area (Å²) in [5, 5.41) is 0. The Labute approximate surface area is 124 Å². The number of nitrogens with two attached hydrogens (primary N) is 1. The molecule has 0 aromatic rings. The maximum Gasteiger partial charge on any atom is 0.0829 e. The van der Waals surface area contributed by atoms with Crippen LogP contribution in [0.15, 0.2) is 0 Å². The SMILES string of the molecule is CC(C)N1CCOC(CN(C)C2(CN)CCCCC2)C1. The van der Waals surface area contributed by atoms with E-state index in [1.807, 2.05) is 0 Å². The van der Waals surface area contributed by atoms with E-state index in [1.54, 1.807) is 0 Å². The molecule has 2 N–H and O–H groups in total. The second kappa shape index (κ2) is 7.21. The molecule has 1 aliphatic heterocycles. The fraction of sp³-hybridized carbons (Fsp3) is 1.00. The van der Waals surface area contributed by atoms with Crippen molar-refractivity contribution in [2.75, 3.05) is 39.8 Å². The lowest BCUT2D eigenvalue weighted by Crippen LogP contribution is -2.57. The Bertz CT molecular complexity index is 289. The van der Waals surface area contributed by atoms with Crippen LogP contribution in [0.4, 0.5) is 0 Å². The first-order valence-corrected chi connectivity index (χ1v) is 8.34.